The van der Waals surface area contributed by atoms with E-state index in [-0.39, 0.29) is 17.2 Å². The van der Waals surface area contributed by atoms with Gasteiger partial charge in [-0.05, 0) is 41.8 Å². The number of halogens is 1. The number of carbonyl (C=O) groups is 1. The summed E-state index contributed by atoms with van der Waals surface area (Å²) in [7, 11) is 0. The second-order valence-electron chi connectivity index (χ2n) is 7.37. The Labute approximate surface area is 202 Å². The second kappa shape index (κ2) is 9.21. The first-order chi connectivity index (χ1) is 16.1. The van der Waals surface area contributed by atoms with E-state index < -0.39 is 0 Å². The first kappa shape index (κ1) is 21.4. The Hall–Kier alpha value is -3.42. The molecule has 162 valence electrons. The van der Waals surface area contributed by atoms with Crippen LogP contribution in [-0.4, -0.2) is 21.2 Å². The van der Waals surface area contributed by atoms with Crippen molar-refractivity contribution in [1.29, 1.82) is 0 Å². The molecule has 0 saturated carbocycles. The van der Waals surface area contributed by atoms with Gasteiger partial charge in [-0.15, -0.1) is 0 Å². The van der Waals surface area contributed by atoms with Gasteiger partial charge in [0.15, 0.2) is 5.16 Å². The molecule has 0 spiro atoms. The minimum Gasteiger partial charge on any atom is -0.325 e. The average molecular weight is 516 g/mol. The Bertz CT molecular complexity index is 1550. The summed E-state index contributed by atoms with van der Waals surface area (Å²) in [5.41, 5.74) is 1.90. The normalized spacial score (nSPS) is 11.1. The molecule has 0 aliphatic carbocycles. The molecule has 5 aromatic rings. The maximum atomic E-state index is 13.3. The van der Waals surface area contributed by atoms with E-state index in [0.717, 1.165) is 20.9 Å². The highest BCUT2D eigenvalue weighted by molar-refractivity contribution is 9.10. The fraction of sp³-hybridized carbons (Fsp3) is 0.0385. The number of benzene rings is 4. The predicted molar refractivity (Wildman–Crippen MR) is 138 cm³/mol. The summed E-state index contributed by atoms with van der Waals surface area (Å²) >= 11 is 4.80. The van der Waals surface area contributed by atoms with Gasteiger partial charge in [-0.1, -0.05) is 82.3 Å². The van der Waals surface area contributed by atoms with Gasteiger partial charge in [0.2, 0.25) is 5.91 Å². The third-order valence-corrected chi connectivity index (χ3v) is 6.87. The van der Waals surface area contributed by atoms with Gasteiger partial charge >= 0.3 is 0 Å². The third-order valence-electron chi connectivity index (χ3n) is 5.24. The first-order valence-electron chi connectivity index (χ1n) is 10.3. The minimum atomic E-state index is -0.172. The molecule has 1 aromatic heterocycles. The number of thioether (sulfide) groups is 1. The number of nitrogens with zero attached hydrogens (tertiary/aromatic N) is 2. The van der Waals surface area contributed by atoms with Crippen LogP contribution in [0, 0.1) is 0 Å². The highest BCUT2D eigenvalue weighted by Crippen LogP contribution is 2.30. The Morgan fingerprint density at radius 1 is 0.848 bits per heavy atom. The zero-order valence-corrected chi connectivity index (χ0v) is 19.8. The summed E-state index contributed by atoms with van der Waals surface area (Å²) in [5.74, 6) is -0.0587. The average Bonchev–Trinajstić information content (AvgIpc) is 2.85. The van der Waals surface area contributed by atoms with Crippen molar-refractivity contribution in [2.45, 2.75) is 5.16 Å². The van der Waals surface area contributed by atoms with Crippen molar-refractivity contribution in [1.82, 2.24) is 9.55 Å². The molecule has 4 aromatic carbocycles. The number of nitrogens with one attached hydrogen (secondary N) is 1. The molecule has 0 bridgehead atoms. The van der Waals surface area contributed by atoms with Crippen LogP contribution in [0.5, 0.6) is 0 Å². The molecule has 0 aliphatic rings. The summed E-state index contributed by atoms with van der Waals surface area (Å²) < 4.78 is 2.53. The number of anilines is 1. The number of hydrogen-bond donors (Lipinski definition) is 1. The Morgan fingerprint density at radius 2 is 1.52 bits per heavy atom. The van der Waals surface area contributed by atoms with Crippen LogP contribution in [0.4, 0.5) is 5.69 Å². The largest absolute Gasteiger partial charge is 0.325 e. The molecule has 5 rings (SSSR count). The lowest BCUT2D eigenvalue weighted by atomic mass is 10.1. The van der Waals surface area contributed by atoms with Gasteiger partial charge in [-0.25, -0.2) is 4.98 Å². The van der Waals surface area contributed by atoms with Crippen LogP contribution in [0.1, 0.15) is 0 Å². The number of hydrogen-bond acceptors (Lipinski definition) is 4. The monoisotopic (exact) mass is 515 g/mol. The third kappa shape index (κ3) is 4.29. The number of aromatic nitrogens is 2. The molecule has 5 nitrogen and oxygen atoms in total. The zero-order valence-electron chi connectivity index (χ0n) is 17.4. The van der Waals surface area contributed by atoms with Gasteiger partial charge in [0.05, 0.1) is 22.3 Å². The summed E-state index contributed by atoms with van der Waals surface area (Å²) in [6.45, 7) is 0. The topological polar surface area (TPSA) is 64.0 Å². The van der Waals surface area contributed by atoms with Crippen LogP contribution >= 0.6 is 27.7 Å². The molecule has 0 saturated heterocycles. The molecule has 0 unspecified atom stereocenters. The van der Waals surface area contributed by atoms with Crippen LogP contribution in [0.3, 0.4) is 0 Å². The van der Waals surface area contributed by atoms with E-state index in [1.165, 1.54) is 11.8 Å². The molecule has 0 radical (unpaired) electrons. The summed E-state index contributed by atoms with van der Waals surface area (Å²) in [4.78, 5) is 30.8. The standard InChI is InChI=1S/C26H18BrN3O2S/c27-21-14-15-23(19-11-5-4-10-18(19)21)28-24(31)16-33-26-29-22-13-7-6-12-20(22)25(32)30(26)17-8-2-1-3-9-17/h1-15H,16H2,(H,28,31). The molecule has 0 aliphatic heterocycles. The number of amides is 1. The molecular formula is C26H18BrN3O2S. The van der Waals surface area contributed by atoms with Crippen molar-refractivity contribution in [3.05, 3.63) is 106 Å². The van der Waals surface area contributed by atoms with E-state index in [1.807, 2.05) is 84.9 Å². The predicted octanol–water partition coefficient (Wildman–Crippen LogP) is 6.03. The van der Waals surface area contributed by atoms with Crippen molar-refractivity contribution in [2.75, 3.05) is 11.1 Å². The quantitative estimate of drug-likeness (QED) is 0.229. The van der Waals surface area contributed by atoms with Gasteiger partial charge in [0.25, 0.3) is 5.56 Å². The highest BCUT2D eigenvalue weighted by Gasteiger charge is 2.15. The maximum Gasteiger partial charge on any atom is 0.266 e. The lowest BCUT2D eigenvalue weighted by Crippen LogP contribution is -2.23. The van der Waals surface area contributed by atoms with Gasteiger partial charge in [-0.2, -0.15) is 0 Å². The molecule has 0 atom stereocenters. The van der Waals surface area contributed by atoms with Gasteiger partial charge in [-0.3, -0.25) is 14.2 Å². The lowest BCUT2D eigenvalue weighted by molar-refractivity contribution is -0.113. The van der Waals surface area contributed by atoms with Crippen LogP contribution in [0.2, 0.25) is 0 Å². The van der Waals surface area contributed by atoms with Gasteiger partial charge in [0, 0.05) is 15.5 Å². The number of fused-ring (bicyclic) bond motifs is 2. The number of para-hydroxylation sites is 2. The van der Waals surface area contributed by atoms with Crippen molar-refractivity contribution < 1.29 is 4.79 Å². The second-order valence-corrected chi connectivity index (χ2v) is 9.16. The Balaban J connectivity index is 1.46. The fourth-order valence-corrected chi connectivity index (χ4v) is 4.99. The zero-order chi connectivity index (χ0) is 22.8. The molecule has 1 heterocycles. The van der Waals surface area contributed by atoms with E-state index >= 15 is 0 Å². The lowest BCUT2D eigenvalue weighted by Gasteiger charge is -2.13. The van der Waals surface area contributed by atoms with Crippen LogP contribution in [0.15, 0.2) is 105 Å². The summed E-state index contributed by atoms with van der Waals surface area (Å²) in [6, 6.07) is 28.3. The highest BCUT2D eigenvalue weighted by atomic mass is 79.9. The van der Waals surface area contributed by atoms with Crippen molar-refractivity contribution in [3.8, 4) is 5.69 Å². The summed E-state index contributed by atoms with van der Waals surface area (Å²) in [6.07, 6.45) is 0. The van der Waals surface area contributed by atoms with Crippen LogP contribution in [0.25, 0.3) is 27.4 Å². The minimum absolute atomic E-state index is 0.113. The van der Waals surface area contributed by atoms with Gasteiger partial charge in [0.1, 0.15) is 0 Å². The molecule has 1 N–H and O–H groups in total. The van der Waals surface area contributed by atoms with E-state index in [1.54, 1.807) is 10.6 Å². The fourth-order valence-electron chi connectivity index (χ4n) is 3.70. The van der Waals surface area contributed by atoms with Gasteiger partial charge < -0.3 is 5.32 Å². The van der Waals surface area contributed by atoms with Crippen molar-refractivity contribution >= 4 is 61.0 Å². The van der Waals surface area contributed by atoms with E-state index in [9.17, 15) is 9.59 Å². The SMILES string of the molecule is O=C(CSc1nc2ccccc2c(=O)n1-c1ccccc1)Nc1ccc(Br)c2ccccc12. The van der Waals surface area contributed by atoms with Crippen LogP contribution in [-0.2, 0) is 4.79 Å². The molecule has 0 fully saturated rings. The summed E-state index contributed by atoms with van der Waals surface area (Å²) in [5, 5.41) is 5.99. The number of carbonyl (C=O) groups excluding carboxylic acids is 1. The number of rotatable bonds is 5. The van der Waals surface area contributed by atoms with Crippen LogP contribution < -0.4 is 10.9 Å². The molecule has 7 heteroatoms. The van der Waals surface area contributed by atoms with E-state index in [4.69, 9.17) is 4.98 Å². The first-order valence-corrected chi connectivity index (χ1v) is 12.1. The molecule has 33 heavy (non-hydrogen) atoms. The Morgan fingerprint density at radius 3 is 2.30 bits per heavy atom. The Kier molecular flexibility index (Phi) is 5.98. The smallest absolute Gasteiger partial charge is 0.266 e. The maximum absolute atomic E-state index is 13.3. The van der Waals surface area contributed by atoms with Crippen molar-refractivity contribution in [3.63, 3.8) is 0 Å². The molecular weight excluding hydrogens is 498 g/mol. The van der Waals surface area contributed by atoms with E-state index in [0.29, 0.717) is 21.7 Å². The molecule has 1 amide bonds. The van der Waals surface area contributed by atoms with Crippen molar-refractivity contribution in [2.24, 2.45) is 0 Å². The van der Waals surface area contributed by atoms with E-state index in [2.05, 4.69) is 21.2 Å².